The molecule has 0 saturated heterocycles. The fourth-order valence-electron chi connectivity index (χ4n) is 2.52. The first-order valence-corrected chi connectivity index (χ1v) is 10.2. The minimum atomic E-state index is -4.95. The number of alkyl halides is 3. The van der Waals surface area contributed by atoms with Crippen LogP contribution >= 0.6 is 0 Å². The molecule has 0 heterocycles. The number of ether oxygens (including phenoxy) is 1. The Balaban J connectivity index is 2.24. The minimum Gasteiger partial charge on any atom is -0.497 e. The van der Waals surface area contributed by atoms with Crippen LogP contribution in [0.4, 0.5) is 23.2 Å². The molecule has 2 N–H and O–H groups in total. The van der Waals surface area contributed by atoms with Crippen LogP contribution in [-0.2, 0) is 21.0 Å². The molecule has 0 unspecified atom stereocenters. The smallest absolute Gasteiger partial charge is 0.419 e. The summed E-state index contributed by atoms with van der Waals surface area (Å²) in [4.78, 5) is 12.5. The van der Waals surface area contributed by atoms with Crippen molar-refractivity contribution < 1.29 is 35.5 Å². The lowest BCUT2D eigenvalue weighted by Crippen LogP contribution is -2.47. The third-order valence-corrected chi connectivity index (χ3v) is 5.60. The molecule has 2 aromatic rings. The second-order valence-electron chi connectivity index (χ2n) is 6.70. The second-order valence-corrected chi connectivity index (χ2v) is 8.41. The molecule has 0 radical (unpaired) electrons. The van der Waals surface area contributed by atoms with Gasteiger partial charge in [-0.3, -0.25) is 4.79 Å². The number of sulfonamides is 1. The number of hydrogen-bond donors (Lipinski definition) is 2. The van der Waals surface area contributed by atoms with Crippen molar-refractivity contribution in [3.05, 3.63) is 53.8 Å². The van der Waals surface area contributed by atoms with Crippen molar-refractivity contribution in [2.75, 3.05) is 12.4 Å². The molecule has 30 heavy (non-hydrogen) atoms. The number of carbonyl (C=O) groups excluding carboxylic acids is 1. The van der Waals surface area contributed by atoms with Crippen LogP contribution < -0.4 is 14.8 Å². The van der Waals surface area contributed by atoms with Crippen molar-refractivity contribution >= 4 is 21.6 Å². The van der Waals surface area contributed by atoms with Crippen LogP contribution in [0.1, 0.15) is 19.4 Å². The predicted octanol–water partition coefficient (Wildman–Crippen LogP) is 3.79. The highest BCUT2D eigenvalue weighted by Gasteiger charge is 2.35. The highest BCUT2D eigenvalue weighted by molar-refractivity contribution is 7.89. The topological polar surface area (TPSA) is 84.5 Å². The summed E-state index contributed by atoms with van der Waals surface area (Å²) in [7, 11) is -2.69. The lowest BCUT2D eigenvalue weighted by molar-refractivity contribution is -0.140. The van der Waals surface area contributed by atoms with E-state index in [1.54, 1.807) is 13.8 Å². The molecule has 1 atom stereocenters. The van der Waals surface area contributed by atoms with E-state index >= 15 is 0 Å². The molecule has 0 bridgehead atoms. The molecule has 0 spiro atoms. The first-order chi connectivity index (χ1) is 13.8. The Kier molecular flexibility index (Phi) is 7.09. The number of anilines is 1. The van der Waals surface area contributed by atoms with Crippen LogP contribution in [-0.4, -0.2) is 27.5 Å². The fraction of sp³-hybridized carbons (Fsp3) is 0.316. The lowest BCUT2D eigenvalue weighted by Gasteiger charge is -2.22. The van der Waals surface area contributed by atoms with Crippen LogP contribution in [0.25, 0.3) is 0 Å². The Morgan fingerprint density at radius 2 is 1.67 bits per heavy atom. The first kappa shape index (κ1) is 23.6. The van der Waals surface area contributed by atoms with Gasteiger partial charge in [0.05, 0.1) is 17.6 Å². The van der Waals surface area contributed by atoms with Crippen molar-refractivity contribution in [1.29, 1.82) is 0 Å². The molecule has 11 heteroatoms. The van der Waals surface area contributed by atoms with E-state index in [0.717, 1.165) is 6.07 Å². The Morgan fingerprint density at radius 3 is 2.17 bits per heavy atom. The molecule has 2 rings (SSSR count). The maximum atomic E-state index is 13.4. The largest absolute Gasteiger partial charge is 0.497 e. The van der Waals surface area contributed by atoms with Crippen molar-refractivity contribution in [2.45, 2.75) is 31.0 Å². The Bertz CT molecular complexity index is 1010. The molecule has 1 amide bonds. The van der Waals surface area contributed by atoms with E-state index in [1.165, 1.54) is 31.4 Å². The monoisotopic (exact) mass is 448 g/mol. The number of nitrogens with one attached hydrogen (secondary N) is 2. The number of rotatable bonds is 7. The maximum absolute atomic E-state index is 13.4. The van der Waals surface area contributed by atoms with E-state index in [-0.39, 0.29) is 10.6 Å². The van der Waals surface area contributed by atoms with Gasteiger partial charge in [0.1, 0.15) is 17.6 Å². The molecular formula is C19H20F4N2O4S. The van der Waals surface area contributed by atoms with Gasteiger partial charge in [-0.05, 0) is 48.4 Å². The molecule has 0 aliphatic carbocycles. The van der Waals surface area contributed by atoms with Gasteiger partial charge < -0.3 is 10.1 Å². The summed E-state index contributed by atoms with van der Waals surface area (Å²) in [6.45, 7) is 3.12. The zero-order valence-electron chi connectivity index (χ0n) is 16.2. The van der Waals surface area contributed by atoms with E-state index < -0.39 is 45.4 Å². The second kappa shape index (κ2) is 9.00. The Labute approximate surface area is 171 Å². The Hall–Kier alpha value is -2.66. The van der Waals surface area contributed by atoms with E-state index in [1.807, 2.05) is 0 Å². The van der Waals surface area contributed by atoms with Gasteiger partial charge >= 0.3 is 6.18 Å². The van der Waals surface area contributed by atoms with Crippen molar-refractivity contribution in [3.63, 3.8) is 0 Å². The van der Waals surface area contributed by atoms with Crippen LogP contribution in [0.5, 0.6) is 5.75 Å². The zero-order valence-corrected chi connectivity index (χ0v) is 17.1. The van der Waals surface area contributed by atoms with Gasteiger partial charge in [-0.2, -0.15) is 17.9 Å². The molecule has 0 aliphatic rings. The SMILES string of the molecule is COc1ccc(S(=O)(=O)N[C@H](C(=O)Nc2ccc(F)c(C(F)(F)F)c2)C(C)C)cc1. The molecule has 2 aromatic carbocycles. The third kappa shape index (κ3) is 5.70. The van der Waals surface area contributed by atoms with E-state index in [0.29, 0.717) is 17.9 Å². The number of methoxy groups -OCH3 is 1. The van der Waals surface area contributed by atoms with E-state index in [9.17, 15) is 30.8 Å². The molecule has 6 nitrogen and oxygen atoms in total. The third-order valence-electron chi connectivity index (χ3n) is 4.14. The average molecular weight is 448 g/mol. The molecular weight excluding hydrogens is 428 g/mol. The summed E-state index contributed by atoms with van der Waals surface area (Å²) in [6.07, 6.45) is -4.95. The summed E-state index contributed by atoms with van der Waals surface area (Å²) in [5.41, 5.74) is -1.86. The van der Waals surface area contributed by atoms with Crippen LogP contribution in [0.2, 0.25) is 0 Å². The van der Waals surface area contributed by atoms with Gasteiger partial charge in [0.2, 0.25) is 15.9 Å². The Morgan fingerprint density at radius 1 is 1.07 bits per heavy atom. The highest BCUT2D eigenvalue weighted by atomic mass is 32.2. The number of benzene rings is 2. The number of halogens is 4. The van der Waals surface area contributed by atoms with E-state index in [2.05, 4.69) is 10.0 Å². The summed E-state index contributed by atoms with van der Waals surface area (Å²) < 4.78 is 84.4. The summed E-state index contributed by atoms with van der Waals surface area (Å²) in [6, 6.07) is 6.10. The highest BCUT2D eigenvalue weighted by Crippen LogP contribution is 2.33. The first-order valence-electron chi connectivity index (χ1n) is 8.69. The van der Waals surface area contributed by atoms with Crippen LogP contribution in [0, 0.1) is 11.7 Å². The molecule has 0 fully saturated rings. The normalized spacial score (nSPS) is 13.2. The quantitative estimate of drug-likeness (QED) is 0.632. The molecule has 0 aliphatic heterocycles. The van der Waals surface area contributed by atoms with E-state index in [4.69, 9.17) is 4.74 Å². The molecule has 0 saturated carbocycles. The summed E-state index contributed by atoms with van der Waals surface area (Å²) >= 11 is 0. The summed E-state index contributed by atoms with van der Waals surface area (Å²) in [5, 5.41) is 2.20. The number of carbonyl (C=O) groups is 1. The maximum Gasteiger partial charge on any atom is 0.419 e. The van der Waals surface area contributed by atoms with Crippen LogP contribution in [0.3, 0.4) is 0 Å². The standard InChI is InChI=1S/C19H20F4N2O4S/c1-11(2)17(25-30(27,28)14-7-5-13(29-3)6-8-14)18(26)24-12-4-9-16(20)15(10-12)19(21,22)23/h4-11,17,25H,1-3H3,(H,24,26)/t17-/m0/s1. The fourth-order valence-corrected chi connectivity index (χ4v) is 3.87. The van der Waals surface area contributed by atoms with Crippen LogP contribution in [0.15, 0.2) is 47.4 Å². The van der Waals surface area contributed by atoms with Gasteiger partial charge in [-0.15, -0.1) is 0 Å². The summed E-state index contributed by atoms with van der Waals surface area (Å²) in [5.74, 6) is -2.48. The van der Waals surface area contributed by atoms with Crippen molar-refractivity contribution in [1.82, 2.24) is 4.72 Å². The molecule has 0 aromatic heterocycles. The van der Waals surface area contributed by atoms with Crippen molar-refractivity contribution in [2.24, 2.45) is 5.92 Å². The lowest BCUT2D eigenvalue weighted by atomic mass is 10.0. The molecule has 164 valence electrons. The average Bonchev–Trinajstić information content (AvgIpc) is 2.66. The van der Waals surface area contributed by atoms with Crippen molar-refractivity contribution in [3.8, 4) is 5.75 Å². The minimum absolute atomic E-state index is 0.122. The zero-order chi connectivity index (χ0) is 22.7. The van der Waals surface area contributed by atoms with Gasteiger partial charge in [0, 0.05) is 5.69 Å². The van der Waals surface area contributed by atoms with Gasteiger partial charge in [0.15, 0.2) is 0 Å². The van der Waals surface area contributed by atoms with Gasteiger partial charge in [-0.1, -0.05) is 13.8 Å². The van der Waals surface area contributed by atoms with Gasteiger partial charge in [-0.25, -0.2) is 12.8 Å². The predicted molar refractivity (Wildman–Crippen MR) is 102 cm³/mol. The number of hydrogen-bond acceptors (Lipinski definition) is 4. The van der Waals surface area contributed by atoms with Gasteiger partial charge in [0.25, 0.3) is 0 Å². The number of amides is 1.